The highest BCUT2D eigenvalue weighted by Crippen LogP contribution is 2.22. The van der Waals surface area contributed by atoms with Crippen LogP contribution in [0.2, 0.25) is 5.02 Å². The fourth-order valence-electron chi connectivity index (χ4n) is 2.44. The van der Waals surface area contributed by atoms with Gasteiger partial charge < -0.3 is 15.2 Å². The fraction of sp³-hybridized carbons (Fsp3) is 0.286. The molecule has 2 heterocycles. The van der Waals surface area contributed by atoms with Gasteiger partial charge in [0, 0.05) is 36.9 Å². The summed E-state index contributed by atoms with van der Waals surface area (Å²) < 4.78 is 0. The van der Waals surface area contributed by atoms with Crippen LogP contribution in [0.5, 0.6) is 0 Å². The molecule has 6 nitrogen and oxygen atoms in total. The molecule has 2 aromatic rings. The second kappa shape index (κ2) is 6.15. The number of hydrogen-bond donors (Lipinski definition) is 2. The molecule has 0 bridgehead atoms. The molecule has 1 saturated heterocycles. The molecule has 0 radical (unpaired) electrons. The van der Waals surface area contributed by atoms with Crippen LogP contribution in [0.1, 0.15) is 0 Å². The molecule has 1 aromatic carbocycles. The Hall–Kier alpha value is -2.05. The van der Waals surface area contributed by atoms with Crippen molar-refractivity contribution < 1.29 is 0 Å². The van der Waals surface area contributed by atoms with Crippen LogP contribution in [0.3, 0.4) is 0 Å². The highest BCUT2D eigenvalue weighted by Gasteiger charge is 2.18. The van der Waals surface area contributed by atoms with Gasteiger partial charge in [-0.05, 0) is 18.2 Å². The maximum atomic E-state index is 6.05. The van der Waals surface area contributed by atoms with Crippen molar-refractivity contribution in [1.82, 2.24) is 9.97 Å². The van der Waals surface area contributed by atoms with E-state index >= 15 is 0 Å². The minimum Gasteiger partial charge on any atom is -0.368 e. The van der Waals surface area contributed by atoms with Crippen LogP contribution >= 0.6 is 11.6 Å². The van der Waals surface area contributed by atoms with E-state index in [-0.39, 0.29) is 0 Å². The van der Waals surface area contributed by atoms with E-state index in [0.717, 1.165) is 42.7 Å². The number of nitrogens with zero attached hydrogens (tertiary/aromatic N) is 4. The molecule has 0 atom stereocenters. The molecule has 0 amide bonds. The lowest BCUT2D eigenvalue weighted by molar-refractivity contribution is 0.646. The number of rotatable bonds is 3. The van der Waals surface area contributed by atoms with Gasteiger partial charge in [0.15, 0.2) is 5.82 Å². The van der Waals surface area contributed by atoms with Gasteiger partial charge in [-0.25, -0.2) is 10.8 Å². The summed E-state index contributed by atoms with van der Waals surface area (Å²) in [6, 6.07) is 7.95. The lowest BCUT2D eigenvalue weighted by Gasteiger charge is -2.36. The van der Waals surface area contributed by atoms with E-state index in [1.54, 1.807) is 12.4 Å². The van der Waals surface area contributed by atoms with Crippen molar-refractivity contribution in [3.63, 3.8) is 0 Å². The number of hydrogen-bond acceptors (Lipinski definition) is 6. The summed E-state index contributed by atoms with van der Waals surface area (Å²) in [7, 11) is 0. The van der Waals surface area contributed by atoms with Crippen molar-refractivity contribution in [2.24, 2.45) is 5.84 Å². The number of benzene rings is 1. The van der Waals surface area contributed by atoms with Crippen molar-refractivity contribution >= 4 is 28.9 Å². The number of piperazine rings is 1. The van der Waals surface area contributed by atoms with E-state index in [0.29, 0.717) is 5.82 Å². The molecule has 7 heteroatoms. The number of hydrazine groups is 1. The van der Waals surface area contributed by atoms with Gasteiger partial charge in [0.25, 0.3) is 0 Å². The first-order chi connectivity index (χ1) is 10.3. The monoisotopic (exact) mass is 304 g/mol. The zero-order valence-electron chi connectivity index (χ0n) is 11.5. The molecule has 1 aliphatic heterocycles. The molecule has 1 aliphatic rings. The number of halogens is 1. The fourth-order valence-corrected chi connectivity index (χ4v) is 2.63. The van der Waals surface area contributed by atoms with E-state index < -0.39 is 0 Å². The summed E-state index contributed by atoms with van der Waals surface area (Å²) >= 11 is 6.05. The van der Waals surface area contributed by atoms with Crippen molar-refractivity contribution in [2.75, 3.05) is 41.4 Å². The zero-order chi connectivity index (χ0) is 14.7. The van der Waals surface area contributed by atoms with Gasteiger partial charge in [0.1, 0.15) is 5.82 Å². The van der Waals surface area contributed by atoms with Crippen LogP contribution in [0.25, 0.3) is 0 Å². The van der Waals surface area contributed by atoms with Crippen LogP contribution < -0.4 is 21.1 Å². The summed E-state index contributed by atoms with van der Waals surface area (Å²) in [5, 5.41) is 0.766. The smallest absolute Gasteiger partial charge is 0.160 e. The van der Waals surface area contributed by atoms with Crippen molar-refractivity contribution in [1.29, 1.82) is 0 Å². The van der Waals surface area contributed by atoms with E-state index in [4.69, 9.17) is 17.4 Å². The van der Waals surface area contributed by atoms with Gasteiger partial charge in [-0.1, -0.05) is 17.7 Å². The SMILES string of the molecule is NNc1cncc(N2CCN(c3cccc(Cl)c3)CC2)n1. The van der Waals surface area contributed by atoms with Crippen LogP contribution in [0.15, 0.2) is 36.7 Å². The summed E-state index contributed by atoms with van der Waals surface area (Å²) in [5.41, 5.74) is 3.68. The number of anilines is 3. The zero-order valence-corrected chi connectivity index (χ0v) is 12.3. The first-order valence-corrected chi connectivity index (χ1v) is 7.18. The van der Waals surface area contributed by atoms with Crippen molar-refractivity contribution in [3.8, 4) is 0 Å². The number of nitrogens with one attached hydrogen (secondary N) is 1. The topological polar surface area (TPSA) is 70.3 Å². The summed E-state index contributed by atoms with van der Waals surface area (Å²) in [4.78, 5) is 13.1. The molecular formula is C14H17ClN6. The first-order valence-electron chi connectivity index (χ1n) is 6.80. The van der Waals surface area contributed by atoms with Crippen molar-refractivity contribution in [3.05, 3.63) is 41.7 Å². The molecule has 0 spiro atoms. The van der Waals surface area contributed by atoms with E-state index in [2.05, 4.69) is 31.3 Å². The van der Waals surface area contributed by atoms with Gasteiger partial charge in [0.05, 0.1) is 12.4 Å². The van der Waals surface area contributed by atoms with E-state index in [1.807, 2.05) is 18.2 Å². The Morgan fingerprint density at radius 3 is 2.57 bits per heavy atom. The summed E-state index contributed by atoms with van der Waals surface area (Å²) in [6.45, 7) is 3.61. The Bertz CT molecular complexity index is 612. The third-order valence-corrected chi connectivity index (χ3v) is 3.78. The largest absolute Gasteiger partial charge is 0.368 e. The van der Waals surface area contributed by atoms with Crippen LogP contribution in [-0.2, 0) is 0 Å². The molecule has 110 valence electrons. The van der Waals surface area contributed by atoms with E-state index in [1.165, 1.54) is 0 Å². The quantitative estimate of drug-likeness (QED) is 0.665. The van der Waals surface area contributed by atoms with Gasteiger partial charge in [-0.15, -0.1) is 0 Å². The highest BCUT2D eigenvalue weighted by atomic mass is 35.5. The molecule has 0 unspecified atom stereocenters. The van der Waals surface area contributed by atoms with Crippen LogP contribution in [-0.4, -0.2) is 36.1 Å². The molecule has 1 aromatic heterocycles. The minimum atomic E-state index is 0.574. The maximum absolute atomic E-state index is 6.05. The molecule has 0 aliphatic carbocycles. The third kappa shape index (κ3) is 3.17. The summed E-state index contributed by atoms with van der Waals surface area (Å²) in [6.07, 6.45) is 3.36. The Morgan fingerprint density at radius 1 is 1.10 bits per heavy atom. The molecular weight excluding hydrogens is 288 g/mol. The standard InChI is InChI=1S/C14H17ClN6/c15-11-2-1-3-12(8-11)20-4-6-21(7-5-20)14-10-17-9-13(18-14)19-16/h1-3,8-10H,4-7,16H2,(H,18,19). The van der Waals surface area contributed by atoms with Gasteiger partial charge in [0.2, 0.25) is 0 Å². The summed E-state index contributed by atoms with van der Waals surface area (Å²) in [5.74, 6) is 6.79. The predicted molar refractivity (Wildman–Crippen MR) is 85.7 cm³/mol. The lowest BCUT2D eigenvalue weighted by Crippen LogP contribution is -2.46. The van der Waals surface area contributed by atoms with Gasteiger partial charge >= 0.3 is 0 Å². The molecule has 1 fully saturated rings. The lowest BCUT2D eigenvalue weighted by atomic mass is 10.2. The average Bonchev–Trinajstić information content (AvgIpc) is 2.55. The Morgan fingerprint density at radius 2 is 1.86 bits per heavy atom. The predicted octanol–water partition coefficient (Wildman–Crippen LogP) is 1.74. The maximum Gasteiger partial charge on any atom is 0.160 e. The average molecular weight is 305 g/mol. The minimum absolute atomic E-state index is 0.574. The van der Waals surface area contributed by atoms with E-state index in [9.17, 15) is 0 Å². The molecule has 3 N–H and O–H groups in total. The second-order valence-electron chi connectivity index (χ2n) is 4.86. The Kier molecular flexibility index (Phi) is 4.08. The number of nitrogen functional groups attached to an aromatic ring is 1. The Balaban J connectivity index is 1.67. The van der Waals surface area contributed by atoms with Crippen LogP contribution in [0.4, 0.5) is 17.3 Å². The number of aromatic nitrogens is 2. The first kappa shape index (κ1) is 13.9. The highest BCUT2D eigenvalue weighted by molar-refractivity contribution is 6.30. The third-order valence-electron chi connectivity index (χ3n) is 3.55. The Labute approximate surface area is 128 Å². The van der Waals surface area contributed by atoms with Gasteiger partial charge in [-0.2, -0.15) is 0 Å². The molecule has 0 saturated carbocycles. The second-order valence-corrected chi connectivity index (χ2v) is 5.30. The number of nitrogens with two attached hydrogens (primary N) is 1. The molecule has 21 heavy (non-hydrogen) atoms. The van der Waals surface area contributed by atoms with Gasteiger partial charge in [-0.3, -0.25) is 4.98 Å². The normalized spacial score (nSPS) is 15.1. The molecule has 3 rings (SSSR count). The van der Waals surface area contributed by atoms with Crippen LogP contribution in [0, 0.1) is 0 Å². The van der Waals surface area contributed by atoms with Crippen molar-refractivity contribution in [2.45, 2.75) is 0 Å².